The topological polar surface area (TPSA) is 58.9 Å². The number of hydrogen-bond acceptors (Lipinski definition) is 4. The van der Waals surface area contributed by atoms with E-state index in [4.69, 9.17) is 9.47 Å². The van der Waals surface area contributed by atoms with Crippen molar-refractivity contribution in [2.24, 2.45) is 0 Å². The van der Waals surface area contributed by atoms with Crippen molar-refractivity contribution in [2.45, 2.75) is 13.2 Å². The van der Waals surface area contributed by atoms with Gasteiger partial charge in [-0.05, 0) is 47.5 Å². The van der Waals surface area contributed by atoms with E-state index in [0.717, 1.165) is 11.1 Å². The summed E-state index contributed by atoms with van der Waals surface area (Å²) in [5, 5.41) is 19.0. The minimum Gasteiger partial charge on any atom is -0.508 e. The summed E-state index contributed by atoms with van der Waals surface area (Å²) in [5.74, 6) is 1.68. The molecule has 3 aromatic carbocycles. The second-order valence-electron chi connectivity index (χ2n) is 5.36. The standard InChI is InChI=1S/C20H18O4/c21-17-7-3-5-15(11-17)13-23-19-9-1-2-10-20(19)24-14-16-6-4-8-18(22)12-16/h1-12,21-22H,13-14H2. The summed E-state index contributed by atoms with van der Waals surface area (Å²) >= 11 is 0. The highest BCUT2D eigenvalue weighted by Crippen LogP contribution is 2.28. The molecule has 0 saturated carbocycles. The zero-order valence-electron chi connectivity index (χ0n) is 13.1. The molecule has 122 valence electrons. The van der Waals surface area contributed by atoms with Gasteiger partial charge in [0, 0.05) is 0 Å². The van der Waals surface area contributed by atoms with Gasteiger partial charge in [-0.15, -0.1) is 0 Å². The molecule has 0 bridgehead atoms. The lowest BCUT2D eigenvalue weighted by Crippen LogP contribution is -2.00. The van der Waals surface area contributed by atoms with Crippen LogP contribution in [0.4, 0.5) is 0 Å². The number of ether oxygens (including phenoxy) is 2. The third kappa shape index (κ3) is 4.20. The Morgan fingerprint density at radius 1 is 0.583 bits per heavy atom. The van der Waals surface area contributed by atoms with Gasteiger partial charge in [0.2, 0.25) is 0 Å². The monoisotopic (exact) mass is 322 g/mol. The molecule has 0 atom stereocenters. The average molecular weight is 322 g/mol. The molecule has 0 fully saturated rings. The summed E-state index contributed by atoms with van der Waals surface area (Å²) in [6.07, 6.45) is 0. The Hall–Kier alpha value is -3.14. The minimum absolute atomic E-state index is 0.213. The van der Waals surface area contributed by atoms with Crippen LogP contribution in [0.1, 0.15) is 11.1 Å². The Morgan fingerprint density at radius 3 is 1.46 bits per heavy atom. The zero-order valence-corrected chi connectivity index (χ0v) is 13.1. The Balaban J connectivity index is 1.66. The third-order valence-electron chi connectivity index (χ3n) is 3.46. The Kier molecular flexibility index (Phi) is 4.87. The number of phenols is 2. The second kappa shape index (κ2) is 7.42. The van der Waals surface area contributed by atoms with Crippen LogP contribution in [0.25, 0.3) is 0 Å². The van der Waals surface area contributed by atoms with E-state index in [1.807, 2.05) is 36.4 Å². The van der Waals surface area contributed by atoms with Crippen LogP contribution < -0.4 is 9.47 Å². The fourth-order valence-corrected chi connectivity index (χ4v) is 2.30. The van der Waals surface area contributed by atoms with Crippen LogP contribution in [-0.2, 0) is 13.2 Å². The van der Waals surface area contributed by atoms with Crippen LogP contribution >= 0.6 is 0 Å². The smallest absolute Gasteiger partial charge is 0.161 e. The lowest BCUT2D eigenvalue weighted by molar-refractivity contribution is 0.255. The first-order chi connectivity index (χ1) is 11.7. The fourth-order valence-electron chi connectivity index (χ4n) is 2.30. The fraction of sp³-hybridized carbons (Fsp3) is 0.100. The molecule has 24 heavy (non-hydrogen) atoms. The van der Waals surface area contributed by atoms with Gasteiger partial charge in [0.25, 0.3) is 0 Å². The Labute approximate surface area is 140 Å². The van der Waals surface area contributed by atoms with Gasteiger partial charge in [-0.3, -0.25) is 0 Å². The summed E-state index contributed by atoms with van der Waals surface area (Å²) in [7, 11) is 0. The lowest BCUT2D eigenvalue weighted by atomic mass is 10.2. The highest BCUT2D eigenvalue weighted by molar-refractivity contribution is 5.40. The lowest BCUT2D eigenvalue weighted by Gasteiger charge is -2.13. The molecule has 0 aromatic heterocycles. The number of para-hydroxylation sites is 2. The van der Waals surface area contributed by atoms with Gasteiger partial charge in [0.15, 0.2) is 11.5 Å². The van der Waals surface area contributed by atoms with E-state index in [-0.39, 0.29) is 11.5 Å². The van der Waals surface area contributed by atoms with Crippen LogP contribution in [0.5, 0.6) is 23.0 Å². The predicted octanol–water partition coefficient (Wildman–Crippen LogP) is 4.26. The summed E-state index contributed by atoms with van der Waals surface area (Å²) in [6.45, 7) is 0.668. The van der Waals surface area contributed by atoms with E-state index in [2.05, 4.69) is 0 Å². The molecule has 0 radical (unpaired) electrons. The van der Waals surface area contributed by atoms with Gasteiger partial charge < -0.3 is 19.7 Å². The molecule has 0 spiro atoms. The minimum atomic E-state index is 0.213. The van der Waals surface area contributed by atoms with E-state index >= 15 is 0 Å². The van der Waals surface area contributed by atoms with Gasteiger partial charge in [0.05, 0.1) is 0 Å². The number of aromatic hydroxyl groups is 2. The summed E-state index contributed by atoms with van der Waals surface area (Å²) in [4.78, 5) is 0. The molecule has 3 aromatic rings. The van der Waals surface area contributed by atoms with Gasteiger partial charge >= 0.3 is 0 Å². The van der Waals surface area contributed by atoms with Crippen molar-refractivity contribution in [1.29, 1.82) is 0 Å². The molecular formula is C20H18O4. The molecular weight excluding hydrogens is 304 g/mol. The molecule has 2 N–H and O–H groups in total. The number of phenolic OH excluding ortho intramolecular Hbond substituents is 2. The first kappa shape index (κ1) is 15.7. The van der Waals surface area contributed by atoms with Gasteiger partial charge in [-0.25, -0.2) is 0 Å². The maximum absolute atomic E-state index is 9.50. The van der Waals surface area contributed by atoms with Crippen molar-refractivity contribution < 1.29 is 19.7 Å². The average Bonchev–Trinajstić information content (AvgIpc) is 2.59. The Morgan fingerprint density at radius 2 is 1.04 bits per heavy atom. The van der Waals surface area contributed by atoms with E-state index in [0.29, 0.717) is 24.7 Å². The molecule has 0 unspecified atom stereocenters. The number of hydrogen-bond donors (Lipinski definition) is 2. The van der Waals surface area contributed by atoms with E-state index in [9.17, 15) is 10.2 Å². The highest BCUT2D eigenvalue weighted by Gasteiger charge is 2.06. The van der Waals surface area contributed by atoms with Crippen molar-refractivity contribution in [1.82, 2.24) is 0 Å². The van der Waals surface area contributed by atoms with Crippen LogP contribution in [0.15, 0.2) is 72.8 Å². The van der Waals surface area contributed by atoms with Crippen LogP contribution in [0, 0.1) is 0 Å². The van der Waals surface area contributed by atoms with Gasteiger partial charge in [0.1, 0.15) is 24.7 Å². The van der Waals surface area contributed by atoms with Gasteiger partial charge in [-0.2, -0.15) is 0 Å². The molecule has 0 aliphatic rings. The predicted molar refractivity (Wildman–Crippen MR) is 91.3 cm³/mol. The molecule has 0 aliphatic carbocycles. The third-order valence-corrected chi connectivity index (χ3v) is 3.46. The van der Waals surface area contributed by atoms with Crippen molar-refractivity contribution in [3.63, 3.8) is 0 Å². The summed E-state index contributed by atoms with van der Waals surface area (Å²) < 4.78 is 11.6. The molecule has 0 saturated heterocycles. The van der Waals surface area contributed by atoms with E-state index < -0.39 is 0 Å². The number of rotatable bonds is 6. The van der Waals surface area contributed by atoms with Crippen molar-refractivity contribution in [3.05, 3.63) is 83.9 Å². The van der Waals surface area contributed by atoms with E-state index in [1.54, 1.807) is 36.4 Å². The first-order valence-electron chi connectivity index (χ1n) is 7.61. The van der Waals surface area contributed by atoms with Crippen LogP contribution in [-0.4, -0.2) is 10.2 Å². The summed E-state index contributed by atoms with van der Waals surface area (Å²) in [5.41, 5.74) is 1.75. The Bertz CT molecular complexity index is 745. The highest BCUT2D eigenvalue weighted by atomic mass is 16.5. The molecule has 4 nitrogen and oxygen atoms in total. The largest absolute Gasteiger partial charge is 0.508 e. The molecule has 4 heteroatoms. The van der Waals surface area contributed by atoms with E-state index in [1.165, 1.54) is 0 Å². The van der Waals surface area contributed by atoms with Gasteiger partial charge in [-0.1, -0.05) is 36.4 Å². The SMILES string of the molecule is Oc1cccc(COc2ccccc2OCc2cccc(O)c2)c1. The van der Waals surface area contributed by atoms with Crippen molar-refractivity contribution in [3.8, 4) is 23.0 Å². The molecule has 0 aliphatic heterocycles. The second-order valence-corrected chi connectivity index (χ2v) is 5.36. The van der Waals surface area contributed by atoms with Crippen LogP contribution in [0.3, 0.4) is 0 Å². The maximum Gasteiger partial charge on any atom is 0.161 e. The van der Waals surface area contributed by atoms with Crippen molar-refractivity contribution in [2.75, 3.05) is 0 Å². The van der Waals surface area contributed by atoms with Crippen molar-refractivity contribution >= 4 is 0 Å². The first-order valence-corrected chi connectivity index (χ1v) is 7.61. The maximum atomic E-state index is 9.50. The molecule has 0 heterocycles. The summed E-state index contributed by atoms with van der Waals surface area (Å²) in [6, 6.07) is 21.3. The quantitative estimate of drug-likeness (QED) is 0.712. The normalized spacial score (nSPS) is 10.3. The van der Waals surface area contributed by atoms with Crippen LogP contribution in [0.2, 0.25) is 0 Å². The number of benzene rings is 3. The molecule has 3 rings (SSSR count). The molecule has 0 amide bonds. The zero-order chi connectivity index (χ0) is 16.8.